The number of nitrogens with zero attached hydrogens (tertiary/aromatic N) is 2. The maximum Gasteiger partial charge on any atom is 0.224 e. The van der Waals surface area contributed by atoms with Gasteiger partial charge in [0.25, 0.3) is 0 Å². The quantitative estimate of drug-likeness (QED) is 0.841. The molecular formula is C12H10Cl3N3. The van der Waals surface area contributed by atoms with Crippen LogP contribution in [0, 0.1) is 0 Å². The van der Waals surface area contributed by atoms with Crippen LogP contribution in [0.4, 0.5) is 5.82 Å². The third-order valence-corrected chi connectivity index (χ3v) is 3.11. The summed E-state index contributed by atoms with van der Waals surface area (Å²) in [7, 11) is 0. The van der Waals surface area contributed by atoms with Gasteiger partial charge < -0.3 is 5.32 Å². The van der Waals surface area contributed by atoms with E-state index in [-0.39, 0.29) is 11.3 Å². The Morgan fingerprint density at radius 1 is 1.22 bits per heavy atom. The first-order chi connectivity index (χ1) is 8.56. The van der Waals surface area contributed by atoms with Gasteiger partial charge in [0.05, 0.1) is 12.2 Å². The van der Waals surface area contributed by atoms with E-state index in [0.717, 1.165) is 5.56 Å². The first kappa shape index (κ1) is 13.4. The van der Waals surface area contributed by atoms with Crippen LogP contribution in [0.25, 0.3) is 0 Å². The van der Waals surface area contributed by atoms with Crippen LogP contribution in [0.15, 0.2) is 30.5 Å². The molecule has 0 saturated heterocycles. The molecule has 3 nitrogen and oxygen atoms in total. The summed E-state index contributed by atoms with van der Waals surface area (Å²) in [6, 6.07) is 7.58. The highest BCUT2D eigenvalue weighted by atomic mass is 35.5. The maximum absolute atomic E-state index is 5.99. The molecule has 0 aliphatic rings. The monoisotopic (exact) mass is 301 g/mol. The van der Waals surface area contributed by atoms with E-state index in [0.29, 0.717) is 15.9 Å². The number of rotatable bonds is 3. The van der Waals surface area contributed by atoms with Crippen LogP contribution in [0.3, 0.4) is 0 Å². The molecule has 18 heavy (non-hydrogen) atoms. The molecule has 0 aliphatic heterocycles. The standard InChI is InChI=1S/C12H10Cl3N3/c1-7(8-3-2-4-9(13)5-8)17-11-10(14)6-16-12(15)18-11/h2-7H,1H3,(H,16,17,18). The van der Waals surface area contributed by atoms with E-state index in [2.05, 4.69) is 15.3 Å². The van der Waals surface area contributed by atoms with Crippen molar-refractivity contribution < 1.29 is 0 Å². The summed E-state index contributed by atoms with van der Waals surface area (Å²) in [6.45, 7) is 1.98. The zero-order chi connectivity index (χ0) is 13.1. The third-order valence-electron chi connectivity index (χ3n) is 2.42. The second kappa shape index (κ2) is 5.74. The van der Waals surface area contributed by atoms with E-state index in [4.69, 9.17) is 34.8 Å². The molecule has 2 rings (SSSR count). The molecule has 0 radical (unpaired) electrons. The van der Waals surface area contributed by atoms with Gasteiger partial charge in [-0.1, -0.05) is 35.3 Å². The van der Waals surface area contributed by atoms with Crippen LogP contribution in [0.1, 0.15) is 18.5 Å². The minimum absolute atomic E-state index is 0.00664. The molecule has 1 unspecified atom stereocenters. The lowest BCUT2D eigenvalue weighted by Gasteiger charge is -2.16. The molecule has 6 heteroatoms. The van der Waals surface area contributed by atoms with Crippen molar-refractivity contribution in [2.75, 3.05) is 5.32 Å². The van der Waals surface area contributed by atoms with Gasteiger partial charge >= 0.3 is 0 Å². The third kappa shape index (κ3) is 3.25. The van der Waals surface area contributed by atoms with Gasteiger partial charge in [-0.15, -0.1) is 0 Å². The van der Waals surface area contributed by atoms with Crippen molar-refractivity contribution in [3.63, 3.8) is 0 Å². The minimum atomic E-state index is 0.00664. The molecule has 1 N–H and O–H groups in total. The first-order valence-corrected chi connectivity index (χ1v) is 6.39. The van der Waals surface area contributed by atoms with E-state index < -0.39 is 0 Å². The molecule has 2 aromatic rings. The number of halogens is 3. The predicted octanol–water partition coefficient (Wildman–Crippen LogP) is 4.61. The average Bonchev–Trinajstić information content (AvgIpc) is 2.34. The summed E-state index contributed by atoms with van der Waals surface area (Å²) in [5.74, 6) is 0.504. The lowest BCUT2D eigenvalue weighted by Crippen LogP contribution is -2.08. The molecule has 94 valence electrons. The molecule has 1 aromatic carbocycles. The van der Waals surface area contributed by atoms with E-state index in [9.17, 15) is 0 Å². The molecule has 1 aromatic heterocycles. The largest absolute Gasteiger partial charge is 0.362 e. The van der Waals surface area contributed by atoms with Crippen LogP contribution in [0.2, 0.25) is 15.3 Å². The molecule has 0 bridgehead atoms. The highest BCUT2D eigenvalue weighted by Crippen LogP contribution is 2.25. The van der Waals surface area contributed by atoms with Gasteiger partial charge in [0.2, 0.25) is 5.28 Å². The topological polar surface area (TPSA) is 37.8 Å². The molecule has 0 amide bonds. The molecule has 1 heterocycles. The van der Waals surface area contributed by atoms with Crippen molar-refractivity contribution in [2.45, 2.75) is 13.0 Å². The second-order valence-corrected chi connectivity index (χ2v) is 4.94. The molecular weight excluding hydrogens is 293 g/mol. The highest BCUT2D eigenvalue weighted by Gasteiger charge is 2.10. The fourth-order valence-electron chi connectivity index (χ4n) is 1.51. The Hall–Kier alpha value is -1.03. The van der Waals surface area contributed by atoms with Crippen molar-refractivity contribution in [3.05, 3.63) is 51.4 Å². The van der Waals surface area contributed by atoms with Gasteiger partial charge in [0.15, 0.2) is 0 Å². The Morgan fingerprint density at radius 2 is 2.00 bits per heavy atom. The Morgan fingerprint density at radius 3 is 2.72 bits per heavy atom. The second-order valence-electron chi connectivity index (χ2n) is 3.76. The number of nitrogens with one attached hydrogen (secondary N) is 1. The number of hydrogen-bond donors (Lipinski definition) is 1. The summed E-state index contributed by atoms with van der Waals surface area (Å²) in [5, 5.41) is 4.43. The van der Waals surface area contributed by atoms with Crippen LogP contribution in [-0.2, 0) is 0 Å². The fraction of sp³-hybridized carbons (Fsp3) is 0.167. The van der Waals surface area contributed by atoms with E-state index in [1.807, 2.05) is 31.2 Å². The average molecular weight is 303 g/mol. The smallest absolute Gasteiger partial charge is 0.224 e. The van der Waals surface area contributed by atoms with E-state index in [1.165, 1.54) is 6.20 Å². The lowest BCUT2D eigenvalue weighted by molar-refractivity contribution is 0.872. The van der Waals surface area contributed by atoms with Crippen LogP contribution in [-0.4, -0.2) is 9.97 Å². The Labute approximate surface area is 120 Å². The van der Waals surface area contributed by atoms with Gasteiger partial charge in [0.1, 0.15) is 10.8 Å². The minimum Gasteiger partial charge on any atom is -0.362 e. The van der Waals surface area contributed by atoms with E-state index >= 15 is 0 Å². The summed E-state index contributed by atoms with van der Waals surface area (Å²) < 4.78 is 0. The predicted molar refractivity (Wildman–Crippen MR) is 75.5 cm³/mol. The molecule has 0 saturated carbocycles. The van der Waals surface area contributed by atoms with Crippen molar-refractivity contribution in [1.82, 2.24) is 9.97 Å². The van der Waals surface area contributed by atoms with Gasteiger partial charge in [-0.3, -0.25) is 0 Å². The zero-order valence-electron chi connectivity index (χ0n) is 9.49. The Bertz CT molecular complexity index is 560. The van der Waals surface area contributed by atoms with Gasteiger partial charge in [-0.2, -0.15) is 4.98 Å². The van der Waals surface area contributed by atoms with Crippen molar-refractivity contribution >= 4 is 40.6 Å². The number of hydrogen-bond acceptors (Lipinski definition) is 3. The number of aromatic nitrogens is 2. The number of benzene rings is 1. The van der Waals surface area contributed by atoms with Crippen LogP contribution < -0.4 is 5.32 Å². The zero-order valence-corrected chi connectivity index (χ0v) is 11.8. The molecule has 1 atom stereocenters. The summed E-state index contributed by atoms with van der Waals surface area (Å²) in [5.41, 5.74) is 1.04. The van der Waals surface area contributed by atoms with E-state index in [1.54, 1.807) is 0 Å². The lowest BCUT2D eigenvalue weighted by atomic mass is 10.1. The van der Waals surface area contributed by atoms with Gasteiger partial charge in [-0.25, -0.2) is 4.98 Å². The molecule has 0 aliphatic carbocycles. The molecule has 0 fully saturated rings. The Kier molecular flexibility index (Phi) is 4.27. The Balaban J connectivity index is 2.21. The van der Waals surface area contributed by atoms with Crippen LogP contribution in [0.5, 0.6) is 0 Å². The highest BCUT2D eigenvalue weighted by molar-refractivity contribution is 6.33. The normalized spacial score (nSPS) is 12.2. The van der Waals surface area contributed by atoms with Gasteiger partial charge in [0, 0.05) is 5.02 Å². The summed E-state index contributed by atoms with van der Waals surface area (Å²) in [4.78, 5) is 7.83. The first-order valence-electron chi connectivity index (χ1n) is 5.26. The summed E-state index contributed by atoms with van der Waals surface area (Å²) in [6.07, 6.45) is 1.46. The maximum atomic E-state index is 5.99. The molecule has 0 spiro atoms. The van der Waals surface area contributed by atoms with Crippen molar-refractivity contribution in [3.8, 4) is 0 Å². The van der Waals surface area contributed by atoms with Crippen LogP contribution >= 0.6 is 34.8 Å². The number of anilines is 1. The SMILES string of the molecule is CC(Nc1nc(Cl)ncc1Cl)c1cccc(Cl)c1. The summed E-state index contributed by atoms with van der Waals surface area (Å²) >= 11 is 17.7. The fourth-order valence-corrected chi connectivity index (χ4v) is 1.99. The van der Waals surface area contributed by atoms with Gasteiger partial charge in [-0.05, 0) is 36.2 Å². The van der Waals surface area contributed by atoms with Crippen molar-refractivity contribution in [2.24, 2.45) is 0 Å². The van der Waals surface area contributed by atoms with Crippen molar-refractivity contribution in [1.29, 1.82) is 0 Å².